The van der Waals surface area contributed by atoms with E-state index >= 15 is 0 Å². The summed E-state index contributed by atoms with van der Waals surface area (Å²) in [6.45, 7) is 1.26. The Bertz CT molecular complexity index is 1350. The van der Waals surface area contributed by atoms with Crippen LogP contribution in [0.25, 0.3) is 22.4 Å². The number of fused-ring (bicyclic) bond motifs is 1. The van der Waals surface area contributed by atoms with Crippen LogP contribution in [0.3, 0.4) is 0 Å². The highest BCUT2D eigenvalue weighted by Crippen LogP contribution is 2.32. The molecule has 0 radical (unpaired) electrons. The number of hydrogen-bond acceptors (Lipinski definition) is 7. The summed E-state index contributed by atoms with van der Waals surface area (Å²) in [6, 6.07) is 7.43. The lowest BCUT2D eigenvalue weighted by molar-refractivity contribution is -0.384. The van der Waals surface area contributed by atoms with Crippen molar-refractivity contribution in [3.05, 3.63) is 74.2 Å². The van der Waals surface area contributed by atoms with Crippen LogP contribution in [0.4, 0.5) is 25.3 Å². The molecule has 4 rings (SSSR count). The van der Waals surface area contributed by atoms with Gasteiger partial charge in [0.2, 0.25) is 5.91 Å². The minimum atomic E-state index is -0.869. The van der Waals surface area contributed by atoms with Gasteiger partial charge in [0.25, 0.3) is 5.69 Å². The Hall–Kier alpha value is -3.57. The van der Waals surface area contributed by atoms with E-state index in [2.05, 4.69) is 9.97 Å². The molecule has 0 aliphatic heterocycles. The third-order valence-electron chi connectivity index (χ3n) is 4.16. The van der Waals surface area contributed by atoms with Gasteiger partial charge in [0.1, 0.15) is 16.6 Å². The average molecular weight is 458 g/mol. The highest BCUT2D eigenvalue weighted by Gasteiger charge is 2.21. The lowest BCUT2D eigenvalue weighted by Gasteiger charge is -2.18. The quantitative estimate of drug-likeness (QED) is 0.279. The van der Waals surface area contributed by atoms with Crippen molar-refractivity contribution in [1.29, 1.82) is 0 Å². The molecule has 4 aromatic rings. The summed E-state index contributed by atoms with van der Waals surface area (Å²) in [5.74, 6) is -2.08. The van der Waals surface area contributed by atoms with Crippen LogP contribution in [0.15, 0.2) is 41.8 Å². The SMILES string of the molecule is CC(=O)N(c1nc(/C=C/c2nc3cc([N+](=O)[O-])ccc3s2)cs1)c1ccc(F)cc1F. The maximum atomic E-state index is 14.2. The second-order valence-electron chi connectivity index (χ2n) is 6.30. The lowest BCUT2D eigenvalue weighted by atomic mass is 10.2. The van der Waals surface area contributed by atoms with Crippen molar-refractivity contribution in [3.63, 3.8) is 0 Å². The molecule has 2 aromatic carbocycles. The molecule has 0 fully saturated rings. The number of thiazole rings is 2. The molecule has 11 heteroatoms. The first-order valence-corrected chi connectivity index (χ1v) is 10.5. The molecule has 7 nitrogen and oxygen atoms in total. The van der Waals surface area contributed by atoms with Gasteiger partial charge in [-0.2, -0.15) is 0 Å². The fourth-order valence-corrected chi connectivity index (χ4v) is 4.50. The first-order valence-electron chi connectivity index (χ1n) is 8.76. The summed E-state index contributed by atoms with van der Waals surface area (Å²) in [4.78, 5) is 32.3. The van der Waals surface area contributed by atoms with E-state index in [4.69, 9.17) is 0 Å². The van der Waals surface area contributed by atoms with E-state index in [1.165, 1.54) is 36.5 Å². The highest BCUT2D eigenvalue weighted by molar-refractivity contribution is 7.19. The molecule has 0 spiro atoms. The average Bonchev–Trinajstić information content (AvgIpc) is 3.34. The molecular formula is C20H12F2N4O3S2. The molecule has 0 saturated carbocycles. The van der Waals surface area contributed by atoms with Crippen molar-refractivity contribution in [2.24, 2.45) is 0 Å². The van der Waals surface area contributed by atoms with Crippen LogP contribution in [0.1, 0.15) is 17.6 Å². The number of aromatic nitrogens is 2. The van der Waals surface area contributed by atoms with Crippen LogP contribution in [-0.4, -0.2) is 20.8 Å². The van der Waals surface area contributed by atoms with Crippen LogP contribution >= 0.6 is 22.7 Å². The molecule has 0 N–H and O–H groups in total. The normalized spacial score (nSPS) is 11.3. The standard InChI is InChI=1S/C20H12F2N4O3S2/c1-11(27)25(17-5-2-12(21)8-15(17)22)20-23-13(10-30-20)3-7-19-24-16-9-14(26(28)29)4-6-18(16)31-19/h2-10H,1H3/b7-3+. The first kappa shape index (κ1) is 20.7. The van der Waals surface area contributed by atoms with Crippen molar-refractivity contribution in [2.75, 3.05) is 4.90 Å². The number of nitrogens with zero attached hydrogens (tertiary/aromatic N) is 4. The Morgan fingerprint density at radius 2 is 1.97 bits per heavy atom. The lowest BCUT2D eigenvalue weighted by Crippen LogP contribution is -2.23. The summed E-state index contributed by atoms with van der Waals surface area (Å²) in [5.41, 5.74) is 0.910. The Balaban J connectivity index is 1.60. The number of amides is 1. The minimum Gasteiger partial charge on any atom is -0.274 e. The number of carbonyl (C=O) groups excluding carboxylic acids is 1. The van der Waals surface area contributed by atoms with Crippen molar-refractivity contribution >= 4 is 67.5 Å². The van der Waals surface area contributed by atoms with Crippen molar-refractivity contribution in [1.82, 2.24) is 9.97 Å². The van der Waals surface area contributed by atoms with Gasteiger partial charge < -0.3 is 0 Å². The van der Waals surface area contributed by atoms with Crippen LogP contribution in [0, 0.1) is 21.7 Å². The number of anilines is 2. The predicted molar refractivity (Wildman–Crippen MR) is 116 cm³/mol. The van der Waals surface area contributed by atoms with E-state index in [0.29, 0.717) is 22.3 Å². The fraction of sp³-hybridized carbons (Fsp3) is 0.0500. The van der Waals surface area contributed by atoms with Gasteiger partial charge in [0.05, 0.1) is 26.5 Å². The van der Waals surface area contributed by atoms with Gasteiger partial charge in [0.15, 0.2) is 5.13 Å². The fourth-order valence-electron chi connectivity index (χ4n) is 2.80. The van der Waals surface area contributed by atoms with Gasteiger partial charge in [-0.1, -0.05) is 0 Å². The maximum absolute atomic E-state index is 14.2. The number of rotatable bonds is 5. The molecule has 31 heavy (non-hydrogen) atoms. The topological polar surface area (TPSA) is 89.2 Å². The molecule has 0 saturated heterocycles. The van der Waals surface area contributed by atoms with Crippen LogP contribution < -0.4 is 4.90 Å². The Kier molecular flexibility index (Phi) is 5.53. The molecule has 0 bridgehead atoms. The van der Waals surface area contributed by atoms with Crippen LogP contribution in [0.5, 0.6) is 0 Å². The molecule has 0 unspecified atom stereocenters. The van der Waals surface area contributed by atoms with Crippen molar-refractivity contribution in [3.8, 4) is 0 Å². The zero-order chi connectivity index (χ0) is 22.1. The smallest absolute Gasteiger partial charge is 0.271 e. The van der Waals surface area contributed by atoms with Gasteiger partial charge >= 0.3 is 0 Å². The number of hydrogen-bond donors (Lipinski definition) is 0. The molecule has 156 valence electrons. The third kappa shape index (κ3) is 4.32. The van der Waals surface area contributed by atoms with Gasteiger partial charge in [0, 0.05) is 30.5 Å². The van der Waals surface area contributed by atoms with E-state index < -0.39 is 22.5 Å². The van der Waals surface area contributed by atoms with Crippen molar-refractivity contribution in [2.45, 2.75) is 6.92 Å². The van der Waals surface area contributed by atoms with Crippen LogP contribution in [0.2, 0.25) is 0 Å². The Morgan fingerprint density at radius 3 is 2.68 bits per heavy atom. The molecule has 2 aromatic heterocycles. The third-order valence-corrected chi connectivity index (χ3v) is 6.01. The minimum absolute atomic E-state index is 0.0326. The summed E-state index contributed by atoms with van der Waals surface area (Å²) in [5, 5.41) is 13.4. The number of benzene rings is 2. The molecule has 0 atom stereocenters. The first-order chi connectivity index (χ1) is 14.8. The van der Waals surface area contributed by atoms with Crippen molar-refractivity contribution < 1.29 is 18.5 Å². The predicted octanol–water partition coefficient (Wildman–Crippen LogP) is 5.79. The summed E-state index contributed by atoms with van der Waals surface area (Å²) < 4.78 is 28.2. The zero-order valence-corrected chi connectivity index (χ0v) is 17.4. The van der Waals surface area contributed by atoms with Gasteiger partial charge in [-0.3, -0.25) is 19.8 Å². The van der Waals surface area contributed by atoms with Gasteiger partial charge in [-0.05, 0) is 30.4 Å². The second kappa shape index (κ2) is 8.28. The van der Waals surface area contributed by atoms with E-state index in [0.717, 1.165) is 27.0 Å². The molecule has 1 amide bonds. The maximum Gasteiger partial charge on any atom is 0.271 e. The van der Waals surface area contributed by atoms with Gasteiger partial charge in [-0.15, -0.1) is 22.7 Å². The van der Waals surface area contributed by atoms with Crippen LogP contribution in [-0.2, 0) is 4.79 Å². The highest BCUT2D eigenvalue weighted by atomic mass is 32.1. The number of nitro groups is 1. The monoisotopic (exact) mass is 458 g/mol. The largest absolute Gasteiger partial charge is 0.274 e. The van der Waals surface area contributed by atoms with E-state index in [1.54, 1.807) is 23.6 Å². The van der Waals surface area contributed by atoms with E-state index in [1.807, 2.05) is 0 Å². The van der Waals surface area contributed by atoms with E-state index in [9.17, 15) is 23.7 Å². The van der Waals surface area contributed by atoms with E-state index in [-0.39, 0.29) is 16.5 Å². The molecule has 2 heterocycles. The molecular weight excluding hydrogens is 446 g/mol. The van der Waals surface area contributed by atoms with Gasteiger partial charge in [-0.25, -0.2) is 18.7 Å². The second-order valence-corrected chi connectivity index (χ2v) is 8.20. The summed E-state index contributed by atoms with van der Waals surface area (Å²) >= 11 is 2.49. The summed E-state index contributed by atoms with van der Waals surface area (Å²) in [6.07, 6.45) is 3.37. The zero-order valence-electron chi connectivity index (χ0n) is 15.8. The Morgan fingerprint density at radius 1 is 1.16 bits per heavy atom. The summed E-state index contributed by atoms with van der Waals surface area (Å²) in [7, 11) is 0. The number of halogens is 2. The molecule has 0 aliphatic rings. The number of carbonyl (C=O) groups is 1. The Labute approximate surface area is 182 Å². The number of non-ortho nitro benzene ring substituents is 1. The molecule has 0 aliphatic carbocycles. The number of nitro benzene ring substituents is 1.